The third-order valence-corrected chi connectivity index (χ3v) is 5.63. The van der Waals surface area contributed by atoms with Crippen LogP contribution in [0.5, 0.6) is 0 Å². The van der Waals surface area contributed by atoms with Crippen LogP contribution in [-0.4, -0.2) is 12.9 Å². The van der Waals surface area contributed by atoms with Crippen LogP contribution >= 0.6 is 0 Å². The molecule has 0 heterocycles. The Morgan fingerprint density at radius 3 is 1.41 bits per heavy atom. The molecule has 0 N–H and O–H groups in total. The van der Waals surface area contributed by atoms with E-state index < -0.39 is 0 Å². The van der Waals surface area contributed by atoms with Crippen molar-refractivity contribution in [2.24, 2.45) is 0 Å². The summed E-state index contributed by atoms with van der Waals surface area (Å²) in [7, 11) is 0. The van der Waals surface area contributed by atoms with Crippen molar-refractivity contribution in [3.63, 3.8) is 0 Å². The lowest BCUT2D eigenvalue weighted by Crippen LogP contribution is -2.44. The van der Waals surface area contributed by atoms with Crippen molar-refractivity contribution in [1.29, 1.82) is 0 Å². The number of hydrogen-bond donors (Lipinski definition) is 0. The summed E-state index contributed by atoms with van der Waals surface area (Å²) in [4.78, 5) is 11.7. The van der Waals surface area contributed by atoms with Gasteiger partial charge in [0.15, 0.2) is 0 Å². The highest BCUT2D eigenvalue weighted by molar-refractivity contribution is 6.89. The quantitative estimate of drug-likeness (QED) is 0.510. The van der Waals surface area contributed by atoms with Crippen LogP contribution in [0.1, 0.15) is 78.1 Å². The first-order chi connectivity index (χ1) is 8.11. The lowest BCUT2D eigenvalue weighted by Gasteiger charge is -2.47. The summed E-state index contributed by atoms with van der Waals surface area (Å²) < 4.78 is 0. The van der Waals surface area contributed by atoms with Crippen LogP contribution in [0.4, 0.5) is 0 Å². The maximum Gasteiger partial charge on any atom is 0.231 e. The van der Waals surface area contributed by atoms with Crippen LogP contribution in [0.15, 0.2) is 0 Å². The molecule has 2 aliphatic rings. The largest absolute Gasteiger partial charge is 0.315 e. The molecule has 96 valence electrons. The zero-order valence-electron chi connectivity index (χ0n) is 11.6. The Kier molecular flexibility index (Phi) is 4.00. The molecule has 0 aromatic heterocycles. The van der Waals surface area contributed by atoms with Crippen molar-refractivity contribution in [3.05, 3.63) is 0 Å². The van der Waals surface area contributed by atoms with E-state index in [2.05, 4.69) is 13.8 Å². The second-order valence-electron chi connectivity index (χ2n) is 7.04. The van der Waals surface area contributed by atoms with Gasteiger partial charge in [0.1, 0.15) is 0 Å². The fourth-order valence-electron chi connectivity index (χ4n) is 4.51. The third-order valence-electron chi connectivity index (χ3n) is 5.63. The number of carbonyl (C=O) groups is 1. The normalized spacial score (nSPS) is 27.4. The summed E-state index contributed by atoms with van der Waals surface area (Å²) in [5.41, 5.74) is 0. The molecular weight excluding hydrogens is 207 g/mol. The van der Waals surface area contributed by atoms with Gasteiger partial charge in [0, 0.05) is 0 Å². The summed E-state index contributed by atoms with van der Waals surface area (Å²) in [6, 6.07) is 0. The maximum absolute atomic E-state index is 11.7. The van der Waals surface area contributed by atoms with Crippen molar-refractivity contribution in [3.8, 4) is 0 Å². The van der Waals surface area contributed by atoms with Gasteiger partial charge in [0.25, 0.3) is 0 Å². The summed E-state index contributed by atoms with van der Waals surface area (Å²) in [6.07, 6.45) is 14.5. The van der Waals surface area contributed by atoms with Gasteiger partial charge < -0.3 is 4.79 Å². The van der Waals surface area contributed by atoms with E-state index in [1.807, 2.05) is 0 Å². The lowest BCUT2D eigenvalue weighted by atomic mass is 9.20. The molecule has 2 fully saturated rings. The summed E-state index contributed by atoms with van der Waals surface area (Å²) in [5.74, 6) is 0. The van der Waals surface area contributed by atoms with Gasteiger partial charge >= 0.3 is 0 Å². The van der Waals surface area contributed by atoms with Crippen LogP contribution in [-0.2, 0) is 4.79 Å². The molecule has 2 aliphatic carbocycles. The van der Waals surface area contributed by atoms with Crippen LogP contribution in [0.2, 0.25) is 10.6 Å². The molecule has 0 aromatic carbocycles. The van der Waals surface area contributed by atoms with E-state index in [-0.39, 0.29) is 0 Å². The molecule has 0 aromatic rings. The molecule has 2 rings (SSSR count). The highest BCUT2D eigenvalue weighted by Gasteiger charge is 2.49. The molecule has 17 heavy (non-hydrogen) atoms. The molecular formula is C15H27BO. The number of hydrogen-bond acceptors (Lipinski definition) is 1. The molecule has 0 radical (unpaired) electrons. The van der Waals surface area contributed by atoms with Gasteiger partial charge in [0.2, 0.25) is 6.71 Å². The maximum atomic E-state index is 11.7. The van der Waals surface area contributed by atoms with E-state index in [9.17, 15) is 4.79 Å². The standard InChI is InChI=1S/C15H27BO/c1-14(9-5-3-6-10-14)16(13-17)15(2)11-7-4-8-12-15/h13H,3-12H2,1-2H3. The Morgan fingerprint density at radius 2 is 1.12 bits per heavy atom. The first kappa shape index (κ1) is 13.2. The molecule has 0 bridgehead atoms. The van der Waals surface area contributed by atoms with Crippen LogP contribution in [0.25, 0.3) is 0 Å². The highest BCUT2D eigenvalue weighted by Crippen LogP contribution is 2.56. The first-order valence-electron chi connectivity index (χ1n) is 7.56. The van der Waals surface area contributed by atoms with E-state index in [0.29, 0.717) is 17.3 Å². The minimum atomic E-state index is 0.298. The second-order valence-corrected chi connectivity index (χ2v) is 7.04. The molecule has 2 heteroatoms. The van der Waals surface area contributed by atoms with Gasteiger partial charge in [-0.15, -0.1) is 0 Å². The zero-order chi connectivity index (χ0) is 12.4. The van der Waals surface area contributed by atoms with Gasteiger partial charge in [-0.2, -0.15) is 0 Å². The summed E-state index contributed by atoms with van der Waals surface area (Å²) in [6.45, 7) is 5.06. The molecule has 0 atom stereocenters. The Labute approximate surface area is 107 Å². The number of carbonyl (C=O) groups excluding carboxylic acids is 1. The Bertz CT molecular complexity index is 238. The summed E-state index contributed by atoms with van der Waals surface area (Å²) >= 11 is 0. The molecule has 0 unspecified atom stereocenters. The fraction of sp³-hybridized carbons (Fsp3) is 0.933. The minimum Gasteiger partial charge on any atom is -0.315 e. The van der Waals surface area contributed by atoms with Gasteiger partial charge in [-0.1, -0.05) is 78.1 Å². The van der Waals surface area contributed by atoms with Crippen LogP contribution in [0, 0.1) is 0 Å². The molecule has 0 saturated heterocycles. The van der Waals surface area contributed by atoms with Gasteiger partial charge in [0.05, 0.1) is 6.19 Å². The number of rotatable bonds is 3. The third kappa shape index (κ3) is 2.61. The molecule has 2 saturated carbocycles. The van der Waals surface area contributed by atoms with Crippen molar-refractivity contribution in [1.82, 2.24) is 0 Å². The van der Waals surface area contributed by atoms with Crippen molar-refractivity contribution >= 4 is 12.9 Å². The predicted molar refractivity (Wildman–Crippen MR) is 75.4 cm³/mol. The van der Waals surface area contributed by atoms with E-state index in [1.54, 1.807) is 0 Å². The van der Waals surface area contributed by atoms with Crippen molar-refractivity contribution < 1.29 is 4.79 Å². The Morgan fingerprint density at radius 1 is 0.765 bits per heavy atom. The van der Waals surface area contributed by atoms with Crippen molar-refractivity contribution in [2.45, 2.75) is 88.7 Å². The van der Waals surface area contributed by atoms with Crippen LogP contribution < -0.4 is 0 Å². The van der Waals surface area contributed by atoms with Gasteiger partial charge in [-0.3, -0.25) is 0 Å². The average molecular weight is 234 g/mol. The summed E-state index contributed by atoms with van der Waals surface area (Å²) in [5, 5.41) is 0.595. The Balaban J connectivity index is 2.16. The smallest absolute Gasteiger partial charge is 0.231 e. The molecule has 0 amide bonds. The van der Waals surface area contributed by atoms with E-state index in [4.69, 9.17) is 0 Å². The Hall–Kier alpha value is -0.265. The second kappa shape index (κ2) is 5.16. The highest BCUT2D eigenvalue weighted by atomic mass is 16.1. The van der Waals surface area contributed by atoms with E-state index >= 15 is 0 Å². The lowest BCUT2D eigenvalue weighted by molar-refractivity contribution is 0.348. The van der Waals surface area contributed by atoms with Gasteiger partial charge in [-0.25, -0.2) is 0 Å². The first-order valence-corrected chi connectivity index (χ1v) is 7.56. The molecule has 0 spiro atoms. The van der Waals surface area contributed by atoms with E-state index in [1.165, 1.54) is 70.4 Å². The van der Waals surface area contributed by atoms with Crippen molar-refractivity contribution in [2.75, 3.05) is 0 Å². The monoisotopic (exact) mass is 234 g/mol. The average Bonchev–Trinajstić information content (AvgIpc) is 2.31. The molecule has 0 aliphatic heterocycles. The predicted octanol–water partition coefficient (Wildman–Crippen LogP) is 4.70. The topological polar surface area (TPSA) is 17.1 Å². The van der Waals surface area contributed by atoms with Crippen LogP contribution in [0.3, 0.4) is 0 Å². The minimum absolute atomic E-state index is 0.298. The molecule has 1 nitrogen and oxygen atoms in total. The van der Waals surface area contributed by atoms with E-state index in [0.717, 1.165) is 0 Å². The zero-order valence-corrected chi connectivity index (χ0v) is 11.6. The fourth-order valence-corrected chi connectivity index (χ4v) is 4.51. The van der Waals surface area contributed by atoms with Gasteiger partial charge in [-0.05, 0) is 10.6 Å². The SMILES string of the molecule is CC1(B(C=O)C2(C)CCCCC2)CCCCC1.